The van der Waals surface area contributed by atoms with Gasteiger partial charge in [-0.25, -0.2) is 0 Å². The largest absolute Gasteiger partial charge is 0.339 e. The predicted octanol–water partition coefficient (Wildman–Crippen LogP) is 2.46. The molecule has 4 rings (SSSR count). The van der Waals surface area contributed by atoms with E-state index >= 15 is 0 Å². The third kappa shape index (κ3) is 3.51. The minimum absolute atomic E-state index is 0.0170. The van der Waals surface area contributed by atoms with Gasteiger partial charge in [0.1, 0.15) is 6.54 Å². The van der Waals surface area contributed by atoms with Crippen molar-refractivity contribution in [2.45, 2.75) is 6.54 Å². The van der Waals surface area contributed by atoms with E-state index in [9.17, 15) is 9.59 Å². The van der Waals surface area contributed by atoms with Crippen molar-refractivity contribution in [3.05, 3.63) is 77.9 Å². The number of benzene rings is 2. The van der Waals surface area contributed by atoms with E-state index in [-0.39, 0.29) is 18.4 Å². The third-order valence-corrected chi connectivity index (χ3v) is 5.31. The zero-order chi connectivity index (χ0) is 18.8. The van der Waals surface area contributed by atoms with Crippen molar-refractivity contribution in [2.24, 2.45) is 0 Å². The number of nitrogens with zero attached hydrogens (tertiary/aromatic N) is 3. The van der Waals surface area contributed by atoms with Crippen LogP contribution < -0.4 is 0 Å². The lowest BCUT2D eigenvalue weighted by Gasteiger charge is -2.35. The summed E-state index contributed by atoms with van der Waals surface area (Å²) in [4.78, 5) is 31.0. The quantitative estimate of drug-likeness (QED) is 0.840. The lowest BCUT2D eigenvalue weighted by atomic mass is 10.1. The molecule has 0 atom stereocenters. The molecule has 2 aliphatic heterocycles. The first-order chi connectivity index (χ1) is 13.1. The van der Waals surface area contributed by atoms with Gasteiger partial charge in [-0.15, -0.1) is 0 Å². The number of piperazine rings is 1. The topological polar surface area (TPSA) is 43.9 Å². The second kappa shape index (κ2) is 7.37. The van der Waals surface area contributed by atoms with Crippen LogP contribution in [0.2, 0.25) is 0 Å². The van der Waals surface area contributed by atoms with Crippen molar-refractivity contribution >= 4 is 17.5 Å². The zero-order valence-corrected chi connectivity index (χ0v) is 15.3. The summed E-state index contributed by atoms with van der Waals surface area (Å²) in [6, 6.07) is 17.7. The molecule has 2 aromatic carbocycles. The van der Waals surface area contributed by atoms with Gasteiger partial charge in [-0.3, -0.25) is 19.4 Å². The molecule has 5 nitrogen and oxygen atoms in total. The maximum Gasteiger partial charge on any atom is 0.259 e. The Balaban J connectivity index is 1.33. The summed E-state index contributed by atoms with van der Waals surface area (Å²) in [5, 5.41) is 0. The first-order valence-electron chi connectivity index (χ1n) is 9.28. The van der Waals surface area contributed by atoms with Gasteiger partial charge in [0.25, 0.3) is 5.91 Å². The molecule has 0 bridgehead atoms. The number of carbonyl (C=O) groups excluding carboxylic acids is 2. The van der Waals surface area contributed by atoms with Crippen molar-refractivity contribution in [1.29, 1.82) is 0 Å². The summed E-state index contributed by atoms with van der Waals surface area (Å²) in [5.74, 6) is -0.150. The average Bonchev–Trinajstić information content (AvgIpc) is 2.94. The standard InChI is InChI=1S/C22H23N3O2/c1-17-19-9-5-6-10-20(19)22(27)25(17)16-21(26)24-13-11-23(12-14-24)15-18-7-3-2-4-8-18/h2-10H,1,11-16H2. The second-order valence-electron chi connectivity index (χ2n) is 7.03. The molecule has 138 valence electrons. The van der Waals surface area contributed by atoms with Gasteiger partial charge in [0.2, 0.25) is 5.91 Å². The highest BCUT2D eigenvalue weighted by atomic mass is 16.2. The van der Waals surface area contributed by atoms with Gasteiger partial charge >= 0.3 is 0 Å². The molecular weight excluding hydrogens is 338 g/mol. The number of hydrogen-bond donors (Lipinski definition) is 0. The van der Waals surface area contributed by atoms with Crippen LogP contribution in [0.1, 0.15) is 21.5 Å². The van der Waals surface area contributed by atoms with Crippen LogP contribution >= 0.6 is 0 Å². The molecular formula is C22H23N3O2. The molecule has 0 spiro atoms. The average molecular weight is 361 g/mol. The molecule has 0 unspecified atom stereocenters. The number of amides is 2. The molecule has 2 aliphatic rings. The van der Waals surface area contributed by atoms with Crippen LogP contribution in [-0.4, -0.2) is 59.2 Å². The van der Waals surface area contributed by atoms with Gasteiger partial charge < -0.3 is 4.90 Å². The van der Waals surface area contributed by atoms with E-state index in [4.69, 9.17) is 0 Å². The molecule has 1 saturated heterocycles. The highest BCUT2D eigenvalue weighted by Gasteiger charge is 2.33. The molecule has 2 aromatic rings. The summed E-state index contributed by atoms with van der Waals surface area (Å²) < 4.78 is 0. The van der Waals surface area contributed by atoms with Crippen molar-refractivity contribution in [3.8, 4) is 0 Å². The second-order valence-corrected chi connectivity index (χ2v) is 7.03. The number of hydrogen-bond acceptors (Lipinski definition) is 3. The van der Waals surface area contributed by atoms with Gasteiger partial charge in [-0.05, 0) is 11.6 Å². The van der Waals surface area contributed by atoms with Crippen molar-refractivity contribution in [1.82, 2.24) is 14.7 Å². The van der Waals surface area contributed by atoms with E-state index < -0.39 is 0 Å². The van der Waals surface area contributed by atoms with Crippen LogP contribution in [0.25, 0.3) is 5.70 Å². The number of fused-ring (bicyclic) bond motifs is 1. The monoisotopic (exact) mass is 361 g/mol. The van der Waals surface area contributed by atoms with Gasteiger partial charge in [0.15, 0.2) is 0 Å². The fraction of sp³-hybridized carbons (Fsp3) is 0.273. The fourth-order valence-electron chi connectivity index (χ4n) is 3.73. The molecule has 0 aliphatic carbocycles. The van der Waals surface area contributed by atoms with E-state index in [1.807, 2.05) is 41.3 Å². The van der Waals surface area contributed by atoms with Crippen molar-refractivity contribution in [3.63, 3.8) is 0 Å². The lowest BCUT2D eigenvalue weighted by Crippen LogP contribution is -2.50. The van der Waals surface area contributed by atoms with Crippen LogP contribution in [0.3, 0.4) is 0 Å². The predicted molar refractivity (Wildman–Crippen MR) is 105 cm³/mol. The minimum atomic E-state index is -0.133. The highest BCUT2D eigenvalue weighted by molar-refractivity contribution is 6.10. The SMILES string of the molecule is C=C1c2ccccc2C(=O)N1CC(=O)N1CCN(Cc2ccccc2)CC1. The third-order valence-electron chi connectivity index (χ3n) is 5.31. The Kier molecular flexibility index (Phi) is 4.77. The number of rotatable bonds is 4. The minimum Gasteiger partial charge on any atom is -0.339 e. The summed E-state index contributed by atoms with van der Waals surface area (Å²) >= 11 is 0. The van der Waals surface area contributed by atoms with Crippen molar-refractivity contribution in [2.75, 3.05) is 32.7 Å². The Bertz CT molecular complexity index is 835. The van der Waals surface area contributed by atoms with Gasteiger partial charge in [0, 0.05) is 49.5 Å². The molecule has 0 aromatic heterocycles. The normalized spacial score (nSPS) is 17.3. The first kappa shape index (κ1) is 17.5. The van der Waals surface area contributed by atoms with Crippen LogP contribution in [0.4, 0.5) is 0 Å². The number of carbonyl (C=O) groups is 2. The van der Waals surface area contributed by atoms with Crippen LogP contribution in [0, 0.1) is 0 Å². The van der Waals surface area contributed by atoms with E-state index in [1.54, 1.807) is 6.07 Å². The van der Waals surface area contributed by atoms with E-state index in [1.165, 1.54) is 10.5 Å². The van der Waals surface area contributed by atoms with Crippen LogP contribution in [0.15, 0.2) is 61.2 Å². The fourth-order valence-corrected chi connectivity index (χ4v) is 3.73. The van der Waals surface area contributed by atoms with Gasteiger partial charge in [0.05, 0.1) is 0 Å². The molecule has 1 fully saturated rings. The van der Waals surface area contributed by atoms with E-state index in [0.29, 0.717) is 24.4 Å². The molecule has 5 heteroatoms. The lowest BCUT2D eigenvalue weighted by molar-refractivity contribution is -0.133. The zero-order valence-electron chi connectivity index (χ0n) is 15.3. The highest BCUT2D eigenvalue weighted by Crippen LogP contribution is 2.30. The Hall–Kier alpha value is -2.92. The Morgan fingerprint density at radius 1 is 0.889 bits per heavy atom. The maximum atomic E-state index is 12.7. The van der Waals surface area contributed by atoms with Gasteiger partial charge in [-0.2, -0.15) is 0 Å². The molecule has 0 saturated carbocycles. The van der Waals surface area contributed by atoms with Gasteiger partial charge in [-0.1, -0.05) is 55.1 Å². The van der Waals surface area contributed by atoms with Crippen LogP contribution in [-0.2, 0) is 11.3 Å². The van der Waals surface area contributed by atoms with E-state index in [0.717, 1.165) is 25.2 Å². The Labute approximate surface area is 159 Å². The first-order valence-corrected chi connectivity index (χ1v) is 9.28. The summed E-state index contributed by atoms with van der Waals surface area (Å²) in [6.07, 6.45) is 0. The Morgan fingerprint density at radius 2 is 1.52 bits per heavy atom. The molecule has 0 N–H and O–H groups in total. The molecule has 27 heavy (non-hydrogen) atoms. The van der Waals surface area contributed by atoms with E-state index in [2.05, 4.69) is 23.6 Å². The smallest absolute Gasteiger partial charge is 0.259 e. The Morgan fingerprint density at radius 3 is 2.19 bits per heavy atom. The summed E-state index contributed by atoms with van der Waals surface area (Å²) in [7, 11) is 0. The maximum absolute atomic E-state index is 12.7. The molecule has 0 radical (unpaired) electrons. The summed E-state index contributed by atoms with van der Waals surface area (Å²) in [5.41, 5.74) is 3.35. The van der Waals surface area contributed by atoms with Crippen molar-refractivity contribution < 1.29 is 9.59 Å². The molecule has 2 amide bonds. The van der Waals surface area contributed by atoms with Crippen LogP contribution in [0.5, 0.6) is 0 Å². The summed E-state index contributed by atoms with van der Waals surface area (Å²) in [6.45, 7) is 8.03. The molecule has 2 heterocycles.